The zero-order valence-corrected chi connectivity index (χ0v) is 14.7. The summed E-state index contributed by atoms with van der Waals surface area (Å²) in [5, 5.41) is 0. The number of aromatic nitrogens is 3. The number of hydrogen-bond donors (Lipinski definition) is 1. The molecule has 6 nitrogen and oxygen atoms in total. The summed E-state index contributed by atoms with van der Waals surface area (Å²) in [5.41, 5.74) is 4.11. The quantitative estimate of drug-likeness (QED) is 0.523. The molecule has 6 heteroatoms. The van der Waals surface area contributed by atoms with Gasteiger partial charge in [0, 0.05) is 12.0 Å². The lowest BCUT2D eigenvalue weighted by Gasteiger charge is -2.03. The number of nitrogens with zero attached hydrogens (tertiary/aromatic N) is 2. The van der Waals surface area contributed by atoms with E-state index in [1.807, 2.05) is 48.5 Å². The number of hydrogen-bond acceptors (Lipinski definition) is 5. The monoisotopic (exact) mass is 359 g/mol. The van der Waals surface area contributed by atoms with E-state index in [2.05, 4.69) is 15.0 Å². The van der Waals surface area contributed by atoms with E-state index in [0.29, 0.717) is 5.69 Å². The highest BCUT2D eigenvalue weighted by Crippen LogP contribution is 2.25. The molecule has 0 fully saturated rings. The van der Waals surface area contributed by atoms with Crippen molar-refractivity contribution in [3.8, 4) is 28.4 Å². The van der Waals surface area contributed by atoms with E-state index >= 15 is 0 Å². The van der Waals surface area contributed by atoms with E-state index in [4.69, 9.17) is 9.15 Å². The summed E-state index contributed by atoms with van der Waals surface area (Å²) in [5.74, 6) is 1.49. The number of Topliss-reactive ketones (excluding diaryl/α,β-unsaturated/α-hetero) is 1. The van der Waals surface area contributed by atoms with Crippen molar-refractivity contribution in [3.63, 3.8) is 0 Å². The van der Waals surface area contributed by atoms with Crippen molar-refractivity contribution in [2.75, 3.05) is 7.11 Å². The molecule has 4 aromatic rings. The topological polar surface area (TPSA) is 81.0 Å². The normalized spacial score (nSPS) is 10.7. The summed E-state index contributed by atoms with van der Waals surface area (Å²) in [6.45, 7) is 0. The van der Waals surface area contributed by atoms with E-state index in [0.717, 1.165) is 34.0 Å². The van der Waals surface area contributed by atoms with Crippen molar-refractivity contribution >= 4 is 5.78 Å². The smallest absolute Gasteiger partial charge is 0.188 e. The second kappa shape index (κ2) is 7.29. The number of benzene rings is 2. The first-order valence-electron chi connectivity index (χ1n) is 8.43. The number of ketones is 1. The number of nitrogens with one attached hydrogen (secondary N) is 1. The van der Waals surface area contributed by atoms with Crippen LogP contribution in [0.4, 0.5) is 0 Å². The third kappa shape index (κ3) is 3.64. The summed E-state index contributed by atoms with van der Waals surface area (Å²) in [7, 11) is 1.64. The van der Waals surface area contributed by atoms with E-state index in [-0.39, 0.29) is 12.2 Å². The standard InChI is InChI=1S/C21H17N3O3/c1-26-17-4-2-3-16(10-17)21-22-11-18(24-21)15-7-5-14(6-8-15)9-20(25)19-12-27-13-23-19/h2-8,10-13H,9H2,1H3,(H,22,24). The van der Waals surface area contributed by atoms with E-state index in [1.54, 1.807) is 13.3 Å². The van der Waals surface area contributed by atoms with Crippen LogP contribution in [0.1, 0.15) is 16.1 Å². The molecule has 0 bridgehead atoms. The largest absolute Gasteiger partial charge is 0.497 e. The predicted molar refractivity (Wildman–Crippen MR) is 101 cm³/mol. The molecule has 2 aromatic heterocycles. The fraction of sp³-hybridized carbons (Fsp3) is 0.0952. The molecule has 2 heterocycles. The van der Waals surface area contributed by atoms with Gasteiger partial charge in [-0.1, -0.05) is 36.4 Å². The van der Waals surface area contributed by atoms with Gasteiger partial charge in [-0.3, -0.25) is 4.79 Å². The highest BCUT2D eigenvalue weighted by molar-refractivity contribution is 5.95. The summed E-state index contributed by atoms with van der Waals surface area (Å²) in [6.07, 6.45) is 4.70. The van der Waals surface area contributed by atoms with Gasteiger partial charge in [-0.05, 0) is 23.3 Å². The number of H-pyrrole nitrogens is 1. The lowest BCUT2D eigenvalue weighted by Crippen LogP contribution is -2.03. The first kappa shape index (κ1) is 16.8. The number of rotatable bonds is 6. The summed E-state index contributed by atoms with van der Waals surface area (Å²) in [4.78, 5) is 23.8. The van der Waals surface area contributed by atoms with Gasteiger partial charge in [0.1, 0.15) is 23.5 Å². The Labute approximate surface area is 155 Å². The molecule has 0 saturated heterocycles. The molecule has 27 heavy (non-hydrogen) atoms. The Morgan fingerprint density at radius 3 is 2.70 bits per heavy atom. The molecule has 1 N–H and O–H groups in total. The first-order valence-corrected chi connectivity index (χ1v) is 8.43. The zero-order valence-electron chi connectivity index (χ0n) is 14.7. The lowest BCUT2D eigenvalue weighted by molar-refractivity contribution is 0.0988. The van der Waals surface area contributed by atoms with Gasteiger partial charge >= 0.3 is 0 Å². The number of oxazole rings is 1. The van der Waals surface area contributed by atoms with Crippen LogP contribution in [-0.4, -0.2) is 27.8 Å². The number of carbonyl (C=O) groups excluding carboxylic acids is 1. The Hall–Kier alpha value is -3.67. The van der Waals surface area contributed by atoms with Crippen LogP contribution in [0, 0.1) is 0 Å². The number of ether oxygens (including phenoxy) is 1. The average molecular weight is 359 g/mol. The minimum atomic E-state index is -0.0710. The summed E-state index contributed by atoms with van der Waals surface area (Å²) < 4.78 is 10.1. The second-order valence-corrected chi connectivity index (χ2v) is 6.05. The molecule has 0 saturated carbocycles. The van der Waals surface area contributed by atoms with Crippen LogP contribution in [0.15, 0.2) is 71.8 Å². The highest BCUT2D eigenvalue weighted by Gasteiger charge is 2.11. The summed E-state index contributed by atoms with van der Waals surface area (Å²) in [6, 6.07) is 15.5. The van der Waals surface area contributed by atoms with Crippen molar-refractivity contribution < 1.29 is 13.9 Å². The highest BCUT2D eigenvalue weighted by atomic mass is 16.5. The van der Waals surface area contributed by atoms with Gasteiger partial charge in [-0.2, -0.15) is 0 Å². The van der Waals surface area contributed by atoms with Crippen molar-refractivity contribution in [1.29, 1.82) is 0 Å². The third-order valence-electron chi connectivity index (χ3n) is 4.27. The lowest BCUT2D eigenvalue weighted by atomic mass is 10.0. The Morgan fingerprint density at radius 2 is 1.96 bits per heavy atom. The minimum Gasteiger partial charge on any atom is -0.497 e. The molecule has 0 aliphatic carbocycles. The number of methoxy groups -OCH3 is 1. The van der Waals surface area contributed by atoms with Crippen LogP contribution in [0.5, 0.6) is 5.75 Å². The number of imidazole rings is 1. The van der Waals surface area contributed by atoms with Crippen molar-refractivity contribution in [2.24, 2.45) is 0 Å². The number of carbonyl (C=O) groups is 1. The maximum atomic E-state index is 12.1. The molecular weight excluding hydrogens is 342 g/mol. The molecule has 4 rings (SSSR count). The molecule has 0 aliphatic rings. The molecule has 0 spiro atoms. The molecule has 0 radical (unpaired) electrons. The fourth-order valence-electron chi connectivity index (χ4n) is 2.81. The Bertz CT molecular complexity index is 1050. The van der Waals surface area contributed by atoms with Crippen LogP contribution in [0.25, 0.3) is 22.6 Å². The third-order valence-corrected chi connectivity index (χ3v) is 4.27. The number of aromatic amines is 1. The zero-order chi connectivity index (χ0) is 18.6. The van der Waals surface area contributed by atoms with Gasteiger partial charge < -0.3 is 14.1 Å². The molecule has 0 atom stereocenters. The van der Waals surface area contributed by atoms with Crippen molar-refractivity contribution in [2.45, 2.75) is 6.42 Å². The Balaban J connectivity index is 1.51. The first-order chi connectivity index (χ1) is 13.2. The van der Waals surface area contributed by atoms with Crippen molar-refractivity contribution in [1.82, 2.24) is 15.0 Å². The molecular formula is C21H17N3O3. The fourth-order valence-corrected chi connectivity index (χ4v) is 2.81. The summed E-state index contributed by atoms with van der Waals surface area (Å²) >= 11 is 0. The Kier molecular flexibility index (Phi) is 4.53. The minimum absolute atomic E-state index is 0.0710. The van der Waals surface area contributed by atoms with Gasteiger partial charge in [0.15, 0.2) is 12.2 Å². The molecule has 0 amide bonds. The van der Waals surface area contributed by atoms with Crippen molar-refractivity contribution in [3.05, 3.63) is 78.6 Å². The predicted octanol–water partition coefficient (Wildman–Crippen LogP) is 4.17. The van der Waals surface area contributed by atoms with Crippen LogP contribution < -0.4 is 4.74 Å². The van der Waals surface area contributed by atoms with Gasteiger partial charge in [0.25, 0.3) is 0 Å². The molecule has 134 valence electrons. The SMILES string of the molecule is COc1cccc(-c2ncc(-c3ccc(CC(=O)c4cocn4)cc3)[nH]2)c1. The van der Waals surface area contributed by atoms with Crippen LogP contribution in [0.3, 0.4) is 0 Å². The van der Waals surface area contributed by atoms with Crippen LogP contribution >= 0.6 is 0 Å². The molecule has 0 unspecified atom stereocenters. The van der Waals surface area contributed by atoms with E-state index in [1.165, 1.54) is 12.7 Å². The van der Waals surface area contributed by atoms with Gasteiger partial charge in [0.05, 0.1) is 19.0 Å². The molecule has 0 aliphatic heterocycles. The van der Waals surface area contributed by atoms with Gasteiger partial charge in [0.2, 0.25) is 0 Å². The average Bonchev–Trinajstić information content (AvgIpc) is 3.41. The maximum absolute atomic E-state index is 12.1. The van der Waals surface area contributed by atoms with Gasteiger partial charge in [-0.15, -0.1) is 0 Å². The molecule has 2 aromatic carbocycles. The second-order valence-electron chi connectivity index (χ2n) is 6.05. The Morgan fingerprint density at radius 1 is 1.11 bits per heavy atom. The van der Waals surface area contributed by atoms with Crippen LogP contribution in [-0.2, 0) is 6.42 Å². The van der Waals surface area contributed by atoms with Gasteiger partial charge in [-0.25, -0.2) is 9.97 Å². The van der Waals surface area contributed by atoms with Crippen LogP contribution in [0.2, 0.25) is 0 Å². The maximum Gasteiger partial charge on any atom is 0.188 e. The van der Waals surface area contributed by atoms with E-state index in [9.17, 15) is 4.79 Å². The van der Waals surface area contributed by atoms with E-state index < -0.39 is 0 Å².